The Kier molecular flexibility index (Phi) is 3.68. The maximum absolute atomic E-state index is 12.2. The minimum Gasteiger partial charge on any atom is -0.307 e. The maximum atomic E-state index is 12.2. The monoisotopic (exact) mass is 312 g/mol. The van der Waals surface area contributed by atoms with Crippen molar-refractivity contribution in [3.8, 4) is 0 Å². The summed E-state index contributed by atoms with van der Waals surface area (Å²) in [7, 11) is 1.83. The van der Waals surface area contributed by atoms with E-state index >= 15 is 0 Å². The molecule has 20 heavy (non-hydrogen) atoms. The standard InChI is InChI=1S/C11H13ClN6OS/c1-16-5-8(4-13-16)18-3-2-17(7-10(18)19)6-9-11(12)20-15-14-9/h4-5H,2-3,6-7H2,1H3. The number of carbonyl (C=O) groups excluding carboxylic acids is 1. The Labute approximate surface area is 124 Å². The smallest absolute Gasteiger partial charge is 0.241 e. The van der Waals surface area contributed by atoms with Gasteiger partial charge in [-0.2, -0.15) is 5.10 Å². The van der Waals surface area contributed by atoms with Gasteiger partial charge in [0.1, 0.15) is 10.0 Å². The molecule has 0 atom stereocenters. The van der Waals surface area contributed by atoms with Crippen molar-refractivity contribution < 1.29 is 4.79 Å². The van der Waals surface area contributed by atoms with E-state index in [0.717, 1.165) is 17.9 Å². The number of nitrogens with zero attached hydrogens (tertiary/aromatic N) is 6. The molecular weight excluding hydrogens is 300 g/mol. The molecule has 1 fully saturated rings. The van der Waals surface area contributed by atoms with Crippen LogP contribution in [-0.4, -0.2) is 49.8 Å². The SMILES string of the molecule is Cn1cc(N2CCN(Cc3nnsc3Cl)CC2=O)cn1. The minimum atomic E-state index is 0.0589. The number of anilines is 1. The summed E-state index contributed by atoms with van der Waals surface area (Å²) in [4.78, 5) is 16.0. The highest BCUT2D eigenvalue weighted by Gasteiger charge is 2.26. The van der Waals surface area contributed by atoms with Crippen molar-refractivity contribution in [2.45, 2.75) is 6.54 Å². The van der Waals surface area contributed by atoms with Gasteiger partial charge < -0.3 is 4.90 Å². The van der Waals surface area contributed by atoms with Gasteiger partial charge in [-0.15, -0.1) is 5.10 Å². The first-order valence-corrected chi connectivity index (χ1v) is 7.26. The van der Waals surface area contributed by atoms with Crippen LogP contribution in [0.2, 0.25) is 4.34 Å². The third kappa shape index (κ3) is 2.67. The van der Waals surface area contributed by atoms with E-state index < -0.39 is 0 Å². The van der Waals surface area contributed by atoms with Crippen molar-refractivity contribution in [2.75, 3.05) is 24.5 Å². The van der Waals surface area contributed by atoms with Crippen molar-refractivity contribution in [3.05, 3.63) is 22.4 Å². The average molecular weight is 313 g/mol. The molecule has 0 aromatic carbocycles. The first-order valence-electron chi connectivity index (χ1n) is 6.11. The van der Waals surface area contributed by atoms with E-state index in [9.17, 15) is 4.79 Å². The molecule has 1 amide bonds. The Hall–Kier alpha value is -1.51. The molecule has 3 heterocycles. The fraction of sp³-hybridized carbons (Fsp3) is 0.455. The highest BCUT2D eigenvalue weighted by Crippen LogP contribution is 2.21. The van der Waals surface area contributed by atoms with E-state index in [-0.39, 0.29) is 5.91 Å². The molecular formula is C11H13ClN6OS. The van der Waals surface area contributed by atoms with Gasteiger partial charge in [-0.1, -0.05) is 16.1 Å². The molecule has 0 bridgehead atoms. The summed E-state index contributed by atoms with van der Waals surface area (Å²) in [6.45, 7) is 2.32. The Morgan fingerprint density at radius 3 is 2.90 bits per heavy atom. The largest absolute Gasteiger partial charge is 0.307 e. The lowest BCUT2D eigenvalue weighted by Crippen LogP contribution is -2.50. The second kappa shape index (κ2) is 5.47. The molecule has 2 aromatic rings. The summed E-state index contributed by atoms with van der Waals surface area (Å²) in [5.74, 6) is 0.0589. The number of piperazine rings is 1. The highest BCUT2D eigenvalue weighted by atomic mass is 35.5. The lowest BCUT2D eigenvalue weighted by Gasteiger charge is -2.33. The normalized spacial score (nSPS) is 16.9. The number of aromatic nitrogens is 4. The summed E-state index contributed by atoms with van der Waals surface area (Å²) in [6.07, 6.45) is 3.55. The zero-order valence-corrected chi connectivity index (χ0v) is 12.4. The van der Waals surface area contributed by atoms with Gasteiger partial charge in [0.05, 0.1) is 18.4 Å². The van der Waals surface area contributed by atoms with Crippen LogP contribution in [0.5, 0.6) is 0 Å². The quantitative estimate of drug-likeness (QED) is 0.837. The Morgan fingerprint density at radius 1 is 1.45 bits per heavy atom. The van der Waals surface area contributed by atoms with E-state index in [1.165, 1.54) is 11.5 Å². The van der Waals surface area contributed by atoms with Crippen LogP contribution in [0.3, 0.4) is 0 Å². The summed E-state index contributed by atoms with van der Waals surface area (Å²) < 4.78 is 6.08. The van der Waals surface area contributed by atoms with Gasteiger partial charge in [0.25, 0.3) is 0 Å². The number of aryl methyl sites for hydroxylation is 1. The van der Waals surface area contributed by atoms with Gasteiger partial charge in [0, 0.05) is 44.4 Å². The molecule has 3 rings (SSSR count). The fourth-order valence-corrected chi connectivity index (χ4v) is 2.79. The molecule has 7 nitrogen and oxygen atoms in total. The van der Waals surface area contributed by atoms with E-state index in [4.69, 9.17) is 11.6 Å². The van der Waals surface area contributed by atoms with Crippen molar-refractivity contribution >= 4 is 34.7 Å². The number of hydrogen-bond acceptors (Lipinski definition) is 6. The van der Waals surface area contributed by atoms with Crippen LogP contribution in [-0.2, 0) is 18.4 Å². The molecule has 0 spiro atoms. The third-order valence-electron chi connectivity index (χ3n) is 3.19. The molecule has 0 saturated carbocycles. The highest BCUT2D eigenvalue weighted by molar-refractivity contribution is 7.10. The zero-order valence-electron chi connectivity index (χ0n) is 10.9. The molecule has 0 N–H and O–H groups in total. The van der Waals surface area contributed by atoms with E-state index in [1.54, 1.807) is 15.8 Å². The molecule has 0 aliphatic carbocycles. The topological polar surface area (TPSA) is 67.2 Å². The van der Waals surface area contributed by atoms with E-state index in [1.807, 2.05) is 18.1 Å². The van der Waals surface area contributed by atoms with Crippen LogP contribution in [0.15, 0.2) is 12.4 Å². The summed E-state index contributed by atoms with van der Waals surface area (Å²) in [5.41, 5.74) is 1.57. The van der Waals surface area contributed by atoms with Crippen LogP contribution in [0.4, 0.5) is 5.69 Å². The van der Waals surface area contributed by atoms with Crippen molar-refractivity contribution in [2.24, 2.45) is 7.05 Å². The number of halogens is 1. The van der Waals surface area contributed by atoms with Gasteiger partial charge in [-0.25, -0.2) is 0 Å². The molecule has 0 radical (unpaired) electrons. The number of amides is 1. The van der Waals surface area contributed by atoms with Crippen molar-refractivity contribution in [1.82, 2.24) is 24.3 Å². The lowest BCUT2D eigenvalue weighted by molar-refractivity contribution is -0.121. The van der Waals surface area contributed by atoms with Crippen molar-refractivity contribution in [1.29, 1.82) is 0 Å². The number of hydrogen-bond donors (Lipinski definition) is 0. The first kappa shape index (κ1) is 13.5. The molecule has 1 aliphatic rings. The summed E-state index contributed by atoms with van der Waals surface area (Å²) in [5, 5.41) is 8.06. The summed E-state index contributed by atoms with van der Waals surface area (Å²) >= 11 is 7.15. The molecule has 1 aliphatic heterocycles. The van der Waals surface area contributed by atoms with Crippen LogP contribution in [0.1, 0.15) is 5.69 Å². The predicted octanol–water partition coefficient (Wildman–Crippen LogP) is 0.774. The number of carbonyl (C=O) groups is 1. The zero-order chi connectivity index (χ0) is 14.1. The second-order valence-corrected chi connectivity index (χ2v) is 5.98. The molecule has 106 valence electrons. The number of rotatable bonds is 3. The average Bonchev–Trinajstić information content (AvgIpc) is 3.00. The van der Waals surface area contributed by atoms with E-state index in [2.05, 4.69) is 14.7 Å². The summed E-state index contributed by atoms with van der Waals surface area (Å²) in [6, 6.07) is 0. The van der Waals surface area contributed by atoms with Gasteiger partial charge in [-0.05, 0) is 0 Å². The maximum Gasteiger partial charge on any atom is 0.241 e. The molecule has 9 heteroatoms. The molecule has 0 unspecified atom stereocenters. The second-order valence-electron chi connectivity index (χ2n) is 4.62. The van der Waals surface area contributed by atoms with Crippen LogP contribution < -0.4 is 4.90 Å². The predicted molar refractivity (Wildman–Crippen MR) is 75.8 cm³/mol. The van der Waals surface area contributed by atoms with Gasteiger partial charge >= 0.3 is 0 Å². The Balaban J connectivity index is 1.65. The van der Waals surface area contributed by atoms with Gasteiger partial charge in [0.15, 0.2) is 0 Å². The lowest BCUT2D eigenvalue weighted by atomic mass is 10.2. The fourth-order valence-electron chi connectivity index (χ4n) is 2.18. The minimum absolute atomic E-state index is 0.0589. The van der Waals surface area contributed by atoms with E-state index in [0.29, 0.717) is 24.0 Å². The molecule has 1 saturated heterocycles. The van der Waals surface area contributed by atoms with Gasteiger partial charge in [0.2, 0.25) is 5.91 Å². The van der Waals surface area contributed by atoms with Crippen molar-refractivity contribution in [3.63, 3.8) is 0 Å². The Morgan fingerprint density at radius 2 is 2.30 bits per heavy atom. The third-order valence-corrected chi connectivity index (χ3v) is 4.17. The Bertz CT molecular complexity index is 626. The van der Waals surface area contributed by atoms with Crippen LogP contribution >= 0.6 is 23.1 Å². The first-order chi connectivity index (χ1) is 9.63. The van der Waals surface area contributed by atoms with Crippen LogP contribution in [0, 0.1) is 0 Å². The molecule has 2 aromatic heterocycles. The van der Waals surface area contributed by atoms with Gasteiger partial charge in [-0.3, -0.25) is 14.4 Å². The van der Waals surface area contributed by atoms with Crippen LogP contribution in [0.25, 0.3) is 0 Å².